The van der Waals surface area contributed by atoms with Gasteiger partial charge in [-0.15, -0.1) is 0 Å². The third-order valence-corrected chi connectivity index (χ3v) is 5.93. The third kappa shape index (κ3) is 4.24. The molecule has 1 N–H and O–H groups in total. The lowest BCUT2D eigenvalue weighted by molar-refractivity contribution is -0.134. The zero-order valence-corrected chi connectivity index (χ0v) is 17.1. The molecule has 1 fully saturated rings. The summed E-state index contributed by atoms with van der Waals surface area (Å²) in [6, 6.07) is 10.8. The molecule has 29 heavy (non-hydrogen) atoms. The van der Waals surface area contributed by atoms with E-state index >= 15 is 0 Å². The molecule has 0 aliphatic carbocycles. The maximum Gasteiger partial charge on any atom is 0.251 e. The normalized spacial score (nSPS) is 16.6. The van der Waals surface area contributed by atoms with Crippen LogP contribution in [0, 0.1) is 0 Å². The quantitative estimate of drug-likeness (QED) is 0.695. The highest BCUT2D eigenvalue weighted by atomic mass is 32.1. The van der Waals surface area contributed by atoms with Crippen molar-refractivity contribution in [2.45, 2.75) is 31.7 Å². The molecule has 0 bridgehead atoms. The topological polar surface area (TPSA) is 75.3 Å². The summed E-state index contributed by atoms with van der Waals surface area (Å²) >= 11 is 1.56. The van der Waals surface area contributed by atoms with E-state index in [2.05, 4.69) is 4.98 Å². The molecule has 3 aromatic rings. The minimum atomic E-state index is -0.225. The smallest absolute Gasteiger partial charge is 0.251 e. The van der Waals surface area contributed by atoms with Crippen molar-refractivity contribution < 1.29 is 9.53 Å². The van der Waals surface area contributed by atoms with Crippen molar-refractivity contribution in [3.63, 3.8) is 0 Å². The number of carbonyl (C=O) groups excluding carboxylic acids is 1. The van der Waals surface area contributed by atoms with Crippen molar-refractivity contribution >= 4 is 17.2 Å². The molecular weight excluding hydrogens is 386 g/mol. The van der Waals surface area contributed by atoms with Gasteiger partial charge in [0.25, 0.3) is 5.56 Å². The number of benzene rings is 1. The minimum Gasteiger partial charge on any atom is -0.496 e. The minimum absolute atomic E-state index is 0.0165. The van der Waals surface area contributed by atoms with Gasteiger partial charge in [-0.2, -0.15) is 11.3 Å². The molecule has 3 heterocycles. The molecule has 0 saturated carbocycles. The predicted octanol–water partition coefficient (Wildman–Crippen LogP) is 3.80. The first-order chi connectivity index (χ1) is 14.2. The number of aromatic amines is 1. The van der Waals surface area contributed by atoms with Gasteiger partial charge in [-0.25, -0.2) is 4.98 Å². The average Bonchev–Trinajstić information content (AvgIpc) is 3.29. The molecule has 1 aliphatic heterocycles. The predicted molar refractivity (Wildman–Crippen MR) is 113 cm³/mol. The number of methoxy groups -OCH3 is 1. The Morgan fingerprint density at radius 2 is 2.17 bits per heavy atom. The zero-order chi connectivity index (χ0) is 20.2. The number of ether oxygens (including phenoxy) is 1. The molecule has 0 radical (unpaired) electrons. The maximum absolute atomic E-state index is 13.2. The summed E-state index contributed by atoms with van der Waals surface area (Å²) in [5.41, 5.74) is 2.23. The van der Waals surface area contributed by atoms with Gasteiger partial charge in [-0.1, -0.05) is 18.2 Å². The number of piperidine rings is 1. The Bertz CT molecular complexity index is 1050. The van der Waals surface area contributed by atoms with Crippen LogP contribution in [0.1, 0.15) is 36.7 Å². The Balaban J connectivity index is 1.63. The van der Waals surface area contributed by atoms with Gasteiger partial charge in [0.05, 0.1) is 25.3 Å². The standard InChI is InChI=1S/C22H23N3O3S/c1-28-19-8-3-2-6-15(19)12-21(27)25-10-5-4-7-18(25)22-23-17(13-20(26)24-22)16-9-11-29-14-16/h2-3,6,8-9,11,13-14,18H,4-5,7,10,12H2,1H3,(H,23,24,26). The number of nitrogens with zero attached hydrogens (tertiary/aromatic N) is 2. The summed E-state index contributed by atoms with van der Waals surface area (Å²) in [6.07, 6.45) is 2.99. The second-order valence-electron chi connectivity index (χ2n) is 7.12. The number of amides is 1. The summed E-state index contributed by atoms with van der Waals surface area (Å²) in [5, 5.41) is 3.93. The molecular formula is C22H23N3O3S. The number of para-hydroxylation sites is 1. The Hall–Kier alpha value is -2.93. The summed E-state index contributed by atoms with van der Waals surface area (Å²) in [5.74, 6) is 1.29. The van der Waals surface area contributed by atoms with Crippen LogP contribution in [0.15, 0.2) is 52.0 Å². The van der Waals surface area contributed by atoms with Crippen LogP contribution >= 0.6 is 11.3 Å². The number of likely N-dealkylation sites (tertiary alicyclic amines) is 1. The van der Waals surface area contributed by atoms with Crippen molar-refractivity contribution in [3.05, 3.63) is 68.9 Å². The number of hydrogen-bond donors (Lipinski definition) is 1. The van der Waals surface area contributed by atoms with Crippen molar-refractivity contribution in [1.82, 2.24) is 14.9 Å². The number of carbonyl (C=O) groups is 1. The van der Waals surface area contributed by atoms with E-state index in [-0.39, 0.29) is 23.9 Å². The van der Waals surface area contributed by atoms with E-state index in [1.54, 1.807) is 18.4 Å². The summed E-state index contributed by atoms with van der Waals surface area (Å²) in [7, 11) is 1.61. The van der Waals surface area contributed by atoms with Crippen molar-refractivity contribution in [3.8, 4) is 17.0 Å². The van der Waals surface area contributed by atoms with Crippen LogP contribution < -0.4 is 10.3 Å². The Morgan fingerprint density at radius 3 is 2.97 bits per heavy atom. The van der Waals surface area contributed by atoms with Gasteiger partial charge in [0.2, 0.25) is 5.91 Å². The highest BCUT2D eigenvalue weighted by Gasteiger charge is 2.30. The fraction of sp³-hybridized carbons (Fsp3) is 0.318. The van der Waals surface area contributed by atoms with E-state index in [1.165, 1.54) is 6.07 Å². The van der Waals surface area contributed by atoms with Gasteiger partial charge in [0.1, 0.15) is 11.6 Å². The molecule has 6 nitrogen and oxygen atoms in total. The van der Waals surface area contributed by atoms with Gasteiger partial charge >= 0.3 is 0 Å². The van der Waals surface area contributed by atoms with E-state index in [0.29, 0.717) is 23.8 Å². The van der Waals surface area contributed by atoms with E-state index in [0.717, 1.165) is 30.4 Å². The monoisotopic (exact) mass is 409 g/mol. The molecule has 2 aromatic heterocycles. The van der Waals surface area contributed by atoms with Gasteiger partial charge in [0, 0.05) is 29.1 Å². The van der Waals surface area contributed by atoms with Gasteiger partial charge < -0.3 is 14.6 Å². The van der Waals surface area contributed by atoms with Crippen LogP contribution in [-0.2, 0) is 11.2 Å². The molecule has 150 valence electrons. The molecule has 4 rings (SSSR count). The molecule has 0 spiro atoms. The lowest BCUT2D eigenvalue weighted by Gasteiger charge is -2.35. The molecule has 7 heteroatoms. The van der Waals surface area contributed by atoms with Gasteiger partial charge in [-0.05, 0) is 36.8 Å². The van der Waals surface area contributed by atoms with Crippen LogP contribution in [0.2, 0.25) is 0 Å². The lowest BCUT2D eigenvalue weighted by atomic mass is 9.99. The number of H-pyrrole nitrogens is 1. The molecule has 1 unspecified atom stereocenters. The fourth-order valence-electron chi connectivity index (χ4n) is 3.82. The molecule has 1 amide bonds. The maximum atomic E-state index is 13.2. The van der Waals surface area contributed by atoms with E-state index in [1.807, 2.05) is 46.0 Å². The third-order valence-electron chi connectivity index (χ3n) is 5.25. The van der Waals surface area contributed by atoms with Crippen molar-refractivity contribution in [2.24, 2.45) is 0 Å². The molecule has 1 aliphatic rings. The highest BCUT2D eigenvalue weighted by molar-refractivity contribution is 7.08. The fourth-order valence-corrected chi connectivity index (χ4v) is 4.47. The number of aromatic nitrogens is 2. The first-order valence-electron chi connectivity index (χ1n) is 9.71. The van der Waals surface area contributed by atoms with E-state index in [4.69, 9.17) is 9.72 Å². The summed E-state index contributed by atoms with van der Waals surface area (Å²) in [4.78, 5) is 34.9. The largest absolute Gasteiger partial charge is 0.496 e. The van der Waals surface area contributed by atoms with E-state index in [9.17, 15) is 9.59 Å². The summed E-state index contributed by atoms with van der Waals surface area (Å²) < 4.78 is 5.39. The van der Waals surface area contributed by atoms with Gasteiger partial charge in [-0.3, -0.25) is 9.59 Å². The van der Waals surface area contributed by atoms with Crippen LogP contribution in [-0.4, -0.2) is 34.4 Å². The Kier molecular flexibility index (Phi) is 5.76. The van der Waals surface area contributed by atoms with Crippen molar-refractivity contribution in [2.75, 3.05) is 13.7 Å². The first kappa shape index (κ1) is 19.4. The number of hydrogen-bond acceptors (Lipinski definition) is 5. The average molecular weight is 410 g/mol. The molecule has 1 aromatic carbocycles. The van der Waals surface area contributed by atoms with Crippen LogP contribution in [0.3, 0.4) is 0 Å². The number of rotatable bonds is 5. The second kappa shape index (κ2) is 8.61. The van der Waals surface area contributed by atoms with Crippen LogP contribution in [0.4, 0.5) is 0 Å². The van der Waals surface area contributed by atoms with Crippen molar-refractivity contribution in [1.29, 1.82) is 0 Å². The van der Waals surface area contributed by atoms with Crippen LogP contribution in [0.25, 0.3) is 11.3 Å². The molecule has 1 atom stereocenters. The van der Waals surface area contributed by atoms with E-state index < -0.39 is 0 Å². The lowest BCUT2D eigenvalue weighted by Crippen LogP contribution is -2.40. The first-order valence-corrected chi connectivity index (χ1v) is 10.6. The SMILES string of the molecule is COc1ccccc1CC(=O)N1CCCCC1c1nc(-c2ccsc2)cc(=O)[nH]1. The summed E-state index contributed by atoms with van der Waals surface area (Å²) in [6.45, 7) is 0.658. The van der Waals surface area contributed by atoms with Gasteiger partial charge in [0.15, 0.2) is 0 Å². The molecule has 1 saturated heterocycles. The second-order valence-corrected chi connectivity index (χ2v) is 7.90. The zero-order valence-electron chi connectivity index (χ0n) is 16.3. The Labute approximate surface area is 173 Å². The van der Waals surface area contributed by atoms with Crippen LogP contribution in [0.5, 0.6) is 5.75 Å². The number of thiophene rings is 1. The highest BCUT2D eigenvalue weighted by Crippen LogP contribution is 2.31. The Morgan fingerprint density at radius 1 is 1.31 bits per heavy atom. The number of nitrogens with one attached hydrogen (secondary N) is 1.